The Hall–Kier alpha value is -0.680. The molecule has 1 aliphatic heterocycles. The second kappa shape index (κ2) is 4.23. The topological polar surface area (TPSA) is 41.0 Å². The van der Waals surface area contributed by atoms with Crippen LogP contribution in [0.5, 0.6) is 0 Å². The Kier molecular flexibility index (Phi) is 2.98. The van der Waals surface area contributed by atoms with Crippen molar-refractivity contribution < 1.29 is 0 Å². The number of aromatic nitrogens is 2. The summed E-state index contributed by atoms with van der Waals surface area (Å²) in [6.07, 6.45) is 5.44. The summed E-state index contributed by atoms with van der Waals surface area (Å²) >= 11 is 1.41. The molecule has 2 unspecified atom stereocenters. The van der Waals surface area contributed by atoms with Gasteiger partial charge in [-0.2, -0.15) is 4.37 Å². The smallest absolute Gasteiger partial charge is 0.216 e. The van der Waals surface area contributed by atoms with Crippen LogP contribution in [0, 0.1) is 0 Å². The van der Waals surface area contributed by atoms with Crippen LogP contribution in [0.2, 0.25) is 0 Å². The first kappa shape index (κ1) is 9.86. The predicted octanol–water partition coefficient (Wildman–Crippen LogP) is 2.13. The average Bonchev–Trinajstić information content (AvgIpc) is 2.64. The van der Waals surface area contributed by atoms with E-state index < -0.39 is 0 Å². The van der Waals surface area contributed by atoms with Crippen molar-refractivity contribution >= 4 is 16.7 Å². The highest BCUT2D eigenvalue weighted by molar-refractivity contribution is 7.09. The van der Waals surface area contributed by atoms with E-state index in [1.807, 2.05) is 0 Å². The number of anilines is 1. The molecule has 0 amide bonds. The second-order valence-corrected chi connectivity index (χ2v) is 4.67. The first-order valence-corrected chi connectivity index (χ1v) is 5.86. The van der Waals surface area contributed by atoms with Gasteiger partial charge in [-0.25, -0.2) is 9.99 Å². The van der Waals surface area contributed by atoms with Crippen LogP contribution in [0.25, 0.3) is 0 Å². The van der Waals surface area contributed by atoms with E-state index in [-0.39, 0.29) is 0 Å². The SMILES string of the molecule is CC1CCCC(C)N1Nc1ncns1. The van der Waals surface area contributed by atoms with E-state index >= 15 is 0 Å². The molecule has 0 saturated carbocycles. The van der Waals surface area contributed by atoms with Gasteiger partial charge in [-0.15, -0.1) is 0 Å². The van der Waals surface area contributed by atoms with E-state index in [1.54, 1.807) is 6.33 Å². The number of hydrogen-bond acceptors (Lipinski definition) is 5. The predicted molar refractivity (Wildman–Crippen MR) is 58.1 cm³/mol. The lowest BCUT2D eigenvalue weighted by Crippen LogP contribution is -2.47. The van der Waals surface area contributed by atoms with Crippen LogP contribution in [0.15, 0.2) is 6.33 Å². The lowest BCUT2D eigenvalue weighted by molar-refractivity contribution is 0.135. The Labute approximate surface area is 88.5 Å². The van der Waals surface area contributed by atoms with Crippen molar-refractivity contribution in [3.8, 4) is 0 Å². The zero-order valence-corrected chi connectivity index (χ0v) is 9.42. The number of hydrogen-bond donors (Lipinski definition) is 1. The normalized spacial score (nSPS) is 29.0. The zero-order valence-electron chi connectivity index (χ0n) is 8.60. The molecule has 78 valence electrons. The van der Waals surface area contributed by atoms with Gasteiger partial charge in [0.15, 0.2) is 0 Å². The van der Waals surface area contributed by atoms with Crippen molar-refractivity contribution in [2.75, 3.05) is 5.43 Å². The molecule has 1 N–H and O–H groups in total. The third-order valence-electron chi connectivity index (χ3n) is 2.78. The molecular weight excluding hydrogens is 196 g/mol. The molecule has 1 fully saturated rings. The lowest BCUT2D eigenvalue weighted by atomic mass is 10.00. The summed E-state index contributed by atoms with van der Waals surface area (Å²) in [5, 5.41) is 3.19. The zero-order chi connectivity index (χ0) is 9.97. The first-order valence-electron chi connectivity index (χ1n) is 5.09. The molecular formula is C9H16N4S. The largest absolute Gasteiger partial charge is 0.293 e. The van der Waals surface area contributed by atoms with Crippen LogP contribution in [0.1, 0.15) is 33.1 Å². The number of nitrogens with zero attached hydrogens (tertiary/aromatic N) is 3. The highest BCUT2D eigenvalue weighted by Crippen LogP contribution is 2.23. The Morgan fingerprint density at radius 1 is 1.43 bits per heavy atom. The van der Waals surface area contributed by atoms with Crippen LogP contribution in [0.4, 0.5) is 5.13 Å². The fourth-order valence-corrected chi connectivity index (χ4v) is 2.41. The summed E-state index contributed by atoms with van der Waals surface area (Å²) in [5.41, 5.74) is 3.34. The molecule has 1 aromatic rings. The van der Waals surface area contributed by atoms with Crippen molar-refractivity contribution in [1.29, 1.82) is 0 Å². The molecule has 1 saturated heterocycles. The van der Waals surface area contributed by atoms with Gasteiger partial charge in [-0.3, -0.25) is 5.43 Å². The van der Waals surface area contributed by atoms with Crippen LogP contribution < -0.4 is 5.43 Å². The monoisotopic (exact) mass is 212 g/mol. The molecule has 2 rings (SSSR count). The highest BCUT2D eigenvalue weighted by atomic mass is 32.1. The molecule has 0 bridgehead atoms. The second-order valence-electron chi connectivity index (χ2n) is 3.89. The molecule has 0 radical (unpaired) electrons. The van der Waals surface area contributed by atoms with Crippen molar-refractivity contribution in [1.82, 2.24) is 14.4 Å². The van der Waals surface area contributed by atoms with Crippen molar-refractivity contribution in [2.24, 2.45) is 0 Å². The van der Waals surface area contributed by atoms with Gasteiger partial charge in [0.25, 0.3) is 0 Å². The maximum atomic E-state index is 4.13. The van der Waals surface area contributed by atoms with E-state index in [0.717, 1.165) is 5.13 Å². The van der Waals surface area contributed by atoms with Crippen LogP contribution in [-0.4, -0.2) is 26.5 Å². The molecule has 2 heterocycles. The van der Waals surface area contributed by atoms with E-state index in [9.17, 15) is 0 Å². The molecule has 14 heavy (non-hydrogen) atoms. The Morgan fingerprint density at radius 2 is 2.14 bits per heavy atom. The van der Waals surface area contributed by atoms with E-state index in [1.165, 1.54) is 30.8 Å². The Bertz CT molecular complexity index is 264. The standard InChI is InChI=1S/C9H16N4S/c1-7-4-3-5-8(2)13(7)12-9-10-6-11-14-9/h6-8H,3-5H2,1-2H3,(H,10,11,12). The molecule has 4 nitrogen and oxygen atoms in total. The molecule has 2 atom stereocenters. The number of hydrazine groups is 1. The lowest BCUT2D eigenvalue weighted by Gasteiger charge is -2.38. The highest BCUT2D eigenvalue weighted by Gasteiger charge is 2.25. The van der Waals surface area contributed by atoms with E-state index in [2.05, 4.69) is 33.6 Å². The van der Waals surface area contributed by atoms with Crippen LogP contribution in [0.3, 0.4) is 0 Å². The molecule has 0 spiro atoms. The maximum Gasteiger partial charge on any atom is 0.216 e. The van der Waals surface area contributed by atoms with Crippen molar-refractivity contribution in [3.63, 3.8) is 0 Å². The molecule has 0 aliphatic carbocycles. The average molecular weight is 212 g/mol. The number of rotatable bonds is 2. The third-order valence-corrected chi connectivity index (χ3v) is 3.35. The van der Waals surface area contributed by atoms with Crippen LogP contribution >= 0.6 is 11.5 Å². The summed E-state index contributed by atoms with van der Waals surface area (Å²) < 4.78 is 3.98. The summed E-state index contributed by atoms with van der Waals surface area (Å²) in [5.74, 6) is 0. The van der Waals surface area contributed by atoms with Gasteiger partial charge in [0.1, 0.15) is 6.33 Å². The minimum absolute atomic E-state index is 0.586. The maximum absolute atomic E-state index is 4.13. The number of piperidine rings is 1. The third kappa shape index (κ3) is 2.04. The minimum atomic E-state index is 0.586. The van der Waals surface area contributed by atoms with Crippen LogP contribution in [-0.2, 0) is 0 Å². The number of nitrogens with one attached hydrogen (secondary N) is 1. The summed E-state index contributed by atoms with van der Waals surface area (Å²) in [6.45, 7) is 4.51. The molecule has 5 heteroatoms. The Morgan fingerprint density at radius 3 is 2.71 bits per heavy atom. The van der Waals surface area contributed by atoms with Gasteiger partial charge in [0, 0.05) is 23.6 Å². The quantitative estimate of drug-likeness (QED) is 0.815. The van der Waals surface area contributed by atoms with Crippen molar-refractivity contribution in [3.05, 3.63) is 6.33 Å². The van der Waals surface area contributed by atoms with Gasteiger partial charge >= 0.3 is 0 Å². The summed E-state index contributed by atoms with van der Waals surface area (Å²) in [4.78, 5) is 4.13. The van der Waals surface area contributed by atoms with Gasteiger partial charge < -0.3 is 0 Å². The molecule has 1 aromatic heterocycles. The van der Waals surface area contributed by atoms with E-state index in [0.29, 0.717) is 12.1 Å². The fourth-order valence-electron chi connectivity index (χ4n) is 1.97. The summed E-state index contributed by atoms with van der Waals surface area (Å²) in [7, 11) is 0. The van der Waals surface area contributed by atoms with Gasteiger partial charge in [0.2, 0.25) is 5.13 Å². The van der Waals surface area contributed by atoms with Crippen molar-refractivity contribution in [2.45, 2.75) is 45.2 Å². The van der Waals surface area contributed by atoms with Gasteiger partial charge in [-0.1, -0.05) is 6.42 Å². The van der Waals surface area contributed by atoms with Gasteiger partial charge in [-0.05, 0) is 26.7 Å². The molecule has 0 aromatic carbocycles. The first-order chi connectivity index (χ1) is 6.77. The minimum Gasteiger partial charge on any atom is -0.293 e. The Balaban J connectivity index is 2.01. The summed E-state index contributed by atoms with van der Waals surface area (Å²) in [6, 6.07) is 1.17. The van der Waals surface area contributed by atoms with E-state index in [4.69, 9.17) is 0 Å². The fraction of sp³-hybridized carbons (Fsp3) is 0.778. The molecule has 1 aliphatic rings. The van der Waals surface area contributed by atoms with Gasteiger partial charge in [0.05, 0.1) is 0 Å².